The molecule has 1 spiro atoms. The molecule has 9 nitrogen and oxygen atoms in total. The first-order valence-electron chi connectivity index (χ1n) is 16.3. The largest absolute Gasteiger partial charge is 0.394 e. The van der Waals surface area contributed by atoms with E-state index in [9.17, 15) is 25.2 Å². The molecule has 5 N–H and O–H groups in total. The van der Waals surface area contributed by atoms with Gasteiger partial charge < -0.3 is 40.0 Å². The molecule has 13 unspecified atom stereocenters. The second kappa shape index (κ2) is 10.4. The molecule has 4 aliphatic carbocycles. The average molecular weight is 588 g/mol. The van der Waals surface area contributed by atoms with Gasteiger partial charge in [-0.15, -0.1) is 0 Å². The molecular formula is C33H49NO8. The number of rotatable bonds is 3. The summed E-state index contributed by atoms with van der Waals surface area (Å²) in [6.45, 7) is 9.60. The van der Waals surface area contributed by atoms with Gasteiger partial charge in [0.15, 0.2) is 12.1 Å². The fourth-order valence-corrected chi connectivity index (χ4v) is 10.4. The molecule has 7 rings (SSSR count). The first-order chi connectivity index (χ1) is 20.0. The number of allylic oxidation sites excluding steroid dienone is 2. The Hall–Kier alpha value is -1.17. The normalized spacial score (nSPS) is 53.9. The number of fused-ring (bicyclic) bond motifs is 6. The maximum atomic E-state index is 14.5. The lowest BCUT2D eigenvalue weighted by Crippen LogP contribution is -2.60. The highest BCUT2D eigenvalue weighted by molar-refractivity contribution is 6.02. The van der Waals surface area contributed by atoms with Crippen molar-refractivity contribution in [2.75, 3.05) is 13.2 Å². The summed E-state index contributed by atoms with van der Waals surface area (Å²) < 4.78 is 18.8. The van der Waals surface area contributed by atoms with Crippen LogP contribution in [0, 0.1) is 35.0 Å². The summed E-state index contributed by atoms with van der Waals surface area (Å²) in [5, 5.41) is 44.2. The second-order valence-electron chi connectivity index (χ2n) is 14.9. The van der Waals surface area contributed by atoms with Crippen LogP contribution >= 0.6 is 0 Å². The predicted octanol–water partition coefficient (Wildman–Crippen LogP) is 2.01. The van der Waals surface area contributed by atoms with E-state index in [2.05, 4.69) is 39.1 Å². The molecule has 3 aliphatic heterocycles. The SMILES string of the molecule is CC1=C2C(=O)C3C(CC=C4CC(OC5OC(CO)C(O)C(O)C5O)CC[C@@]43C)C2CC[C@]12OC1CC(C)CNC1C2C. The van der Waals surface area contributed by atoms with Gasteiger partial charge in [0.25, 0.3) is 0 Å². The Morgan fingerprint density at radius 2 is 1.90 bits per heavy atom. The quantitative estimate of drug-likeness (QED) is 0.314. The van der Waals surface area contributed by atoms with E-state index >= 15 is 0 Å². The zero-order valence-corrected chi connectivity index (χ0v) is 25.4. The van der Waals surface area contributed by atoms with Crippen molar-refractivity contribution in [1.29, 1.82) is 0 Å². The van der Waals surface area contributed by atoms with Crippen LogP contribution in [-0.2, 0) is 19.0 Å². The van der Waals surface area contributed by atoms with Gasteiger partial charge in [-0.2, -0.15) is 0 Å². The zero-order valence-electron chi connectivity index (χ0n) is 25.4. The van der Waals surface area contributed by atoms with Crippen molar-refractivity contribution in [1.82, 2.24) is 5.32 Å². The van der Waals surface area contributed by atoms with Crippen LogP contribution in [-0.4, -0.2) is 93.9 Å². The van der Waals surface area contributed by atoms with Crippen LogP contribution in [0.2, 0.25) is 0 Å². The monoisotopic (exact) mass is 587 g/mol. The Morgan fingerprint density at radius 3 is 2.67 bits per heavy atom. The molecule has 2 saturated carbocycles. The lowest BCUT2D eigenvalue weighted by molar-refractivity contribution is -0.312. The summed E-state index contributed by atoms with van der Waals surface area (Å²) in [6, 6.07) is 0.344. The Kier molecular flexibility index (Phi) is 7.34. The first kappa shape index (κ1) is 29.5. The second-order valence-corrected chi connectivity index (χ2v) is 14.9. The van der Waals surface area contributed by atoms with E-state index in [0.29, 0.717) is 42.4 Å². The summed E-state index contributed by atoms with van der Waals surface area (Å²) in [5.74, 6) is 1.81. The fourth-order valence-electron chi connectivity index (χ4n) is 10.4. The molecule has 0 radical (unpaired) electrons. The summed E-state index contributed by atoms with van der Waals surface area (Å²) in [5.41, 5.74) is 2.89. The van der Waals surface area contributed by atoms with E-state index in [0.717, 1.165) is 44.2 Å². The van der Waals surface area contributed by atoms with Crippen molar-refractivity contribution < 1.29 is 39.4 Å². The van der Waals surface area contributed by atoms with Gasteiger partial charge >= 0.3 is 0 Å². The van der Waals surface area contributed by atoms with Crippen molar-refractivity contribution in [2.24, 2.45) is 35.0 Å². The highest BCUT2D eigenvalue weighted by Crippen LogP contribution is 2.64. The number of aliphatic hydroxyl groups excluding tert-OH is 4. The van der Waals surface area contributed by atoms with Crippen LogP contribution in [0.5, 0.6) is 0 Å². The van der Waals surface area contributed by atoms with Crippen molar-refractivity contribution in [3.8, 4) is 0 Å². The van der Waals surface area contributed by atoms with E-state index in [1.807, 2.05) is 0 Å². The van der Waals surface area contributed by atoms with E-state index in [1.165, 1.54) is 11.1 Å². The third kappa shape index (κ3) is 4.14. The van der Waals surface area contributed by atoms with E-state index in [4.69, 9.17) is 14.2 Å². The molecule has 234 valence electrons. The minimum Gasteiger partial charge on any atom is -0.394 e. The van der Waals surface area contributed by atoms with Gasteiger partial charge in [-0.1, -0.05) is 32.4 Å². The molecule has 0 aromatic heterocycles. The van der Waals surface area contributed by atoms with Crippen LogP contribution in [0.1, 0.15) is 72.6 Å². The van der Waals surface area contributed by atoms with E-state index < -0.39 is 37.3 Å². The zero-order chi connectivity index (χ0) is 29.7. The van der Waals surface area contributed by atoms with E-state index in [1.54, 1.807) is 0 Å². The number of piperidine rings is 1. The number of nitrogens with one attached hydrogen (secondary N) is 1. The fraction of sp³-hybridized carbons (Fsp3) is 0.848. The lowest BCUT2D eigenvalue weighted by Gasteiger charge is -2.49. The van der Waals surface area contributed by atoms with Crippen molar-refractivity contribution in [3.63, 3.8) is 0 Å². The van der Waals surface area contributed by atoms with Gasteiger partial charge in [0.2, 0.25) is 0 Å². The molecule has 3 heterocycles. The number of ketones is 1. The Bertz CT molecular complexity index is 1170. The van der Waals surface area contributed by atoms with Gasteiger partial charge in [-0.25, -0.2) is 0 Å². The van der Waals surface area contributed by atoms with Gasteiger partial charge in [0.05, 0.1) is 24.4 Å². The molecule has 0 aromatic carbocycles. The maximum absolute atomic E-state index is 14.5. The third-order valence-electron chi connectivity index (χ3n) is 12.8. The number of aliphatic hydroxyl groups is 4. The maximum Gasteiger partial charge on any atom is 0.186 e. The van der Waals surface area contributed by atoms with Gasteiger partial charge in [0.1, 0.15) is 24.4 Å². The molecule has 42 heavy (non-hydrogen) atoms. The summed E-state index contributed by atoms with van der Waals surface area (Å²) in [4.78, 5) is 14.5. The summed E-state index contributed by atoms with van der Waals surface area (Å²) in [6.07, 6.45) is 1.93. The Morgan fingerprint density at radius 1 is 1.12 bits per heavy atom. The smallest absolute Gasteiger partial charge is 0.186 e. The molecule has 5 fully saturated rings. The topological polar surface area (TPSA) is 138 Å². The Labute approximate surface area is 248 Å². The minimum atomic E-state index is -1.46. The van der Waals surface area contributed by atoms with Crippen LogP contribution in [0.15, 0.2) is 22.8 Å². The minimum absolute atomic E-state index is 0.0482. The molecule has 15 atom stereocenters. The van der Waals surface area contributed by atoms with Gasteiger partial charge in [-0.05, 0) is 87.2 Å². The van der Waals surface area contributed by atoms with Crippen LogP contribution in [0.3, 0.4) is 0 Å². The number of carbonyl (C=O) groups is 1. The highest BCUT2D eigenvalue weighted by Gasteiger charge is 2.63. The molecule has 7 aliphatic rings. The molecule has 0 aromatic rings. The highest BCUT2D eigenvalue weighted by atomic mass is 16.7. The first-order valence-corrected chi connectivity index (χ1v) is 16.3. The molecule has 9 heteroatoms. The number of carbonyl (C=O) groups excluding carboxylic acids is 1. The van der Waals surface area contributed by atoms with Crippen molar-refractivity contribution in [3.05, 3.63) is 22.8 Å². The number of hydrogen-bond donors (Lipinski definition) is 5. The van der Waals surface area contributed by atoms with Crippen LogP contribution in [0.4, 0.5) is 0 Å². The predicted molar refractivity (Wildman–Crippen MR) is 153 cm³/mol. The molecule has 0 bridgehead atoms. The average Bonchev–Trinajstić information content (AvgIpc) is 3.42. The summed E-state index contributed by atoms with van der Waals surface area (Å²) in [7, 11) is 0. The summed E-state index contributed by atoms with van der Waals surface area (Å²) >= 11 is 0. The van der Waals surface area contributed by atoms with Crippen LogP contribution < -0.4 is 5.32 Å². The van der Waals surface area contributed by atoms with Gasteiger partial charge in [0, 0.05) is 23.5 Å². The lowest BCUT2D eigenvalue weighted by atomic mass is 9.56. The molecule has 0 amide bonds. The number of Topliss-reactive ketones (excluding diaryl/α,β-unsaturated/α-hetero) is 1. The van der Waals surface area contributed by atoms with Crippen molar-refractivity contribution >= 4 is 5.78 Å². The van der Waals surface area contributed by atoms with Crippen molar-refractivity contribution in [2.45, 2.75) is 127 Å². The molecule has 3 saturated heterocycles. The number of hydrogen-bond acceptors (Lipinski definition) is 9. The standard InChI is InChI=1S/C33H49NO8/c1-15-11-22-26(34-13-15)17(3)33(42-22)10-8-20-21-6-5-18-12-19(40-31-30(39)29(38)27(36)23(14-35)41-31)7-9-32(18,4)25(21)28(37)24(20)16(33)2/h5,15,17,19-23,25-27,29-31,34-36,38-39H,6-14H2,1-4H3/t15?,17?,19?,20?,21?,22?,23?,25?,26?,27?,29?,30?,31?,32-,33-/m0/s1. The van der Waals surface area contributed by atoms with Gasteiger partial charge in [-0.3, -0.25) is 4.79 Å². The third-order valence-corrected chi connectivity index (χ3v) is 12.8. The Balaban J connectivity index is 1.11. The van der Waals surface area contributed by atoms with E-state index in [-0.39, 0.29) is 35.1 Å². The number of ether oxygens (including phenoxy) is 3. The molecular weight excluding hydrogens is 538 g/mol. The van der Waals surface area contributed by atoms with Crippen LogP contribution in [0.25, 0.3) is 0 Å².